The summed E-state index contributed by atoms with van der Waals surface area (Å²) >= 11 is 0. The third-order valence-corrected chi connectivity index (χ3v) is 4.73. The molecule has 3 aromatic rings. The summed E-state index contributed by atoms with van der Waals surface area (Å²) in [6, 6.07) is 7.40. The predicted molar refractivity (Wildman–Crippen MR) is 119 cm³/mol. The number of aliphatic hydroxyl groups is 1. The summed E-state index contributed by atoms with van der Waals surface area (Å²) in [5, 5.41) is 23.6. The van der Waals surface area contributed by atoms with Crippen molar-refractivity contribution in [1.29, 1.82) is 0 Å². The second-order valence-corrected chi connectivity index (χ2v) is 8.34. The summed E-state index contributed by atoms with van der Waals surface area (Å²) in [6.07, 6.45) is -0.161. The number of carbonyl (C=O) groups excluding carboxylic acids is 1. The molecule has 9 heteroatoms. The quantitative estimate of drug-likeness (QED) is 0.429. The molecule has 0 saturated heterocycles. The zero-order valence-corrected chi connectivity index (χ0v) is 18.3. The lowest BCUT2D eigenvalue weighted by atomic mass is 10.0. The van der Waals surface area contributed by atoms with Crippen LogP contribution in [-0.4, -0.2) is 45.5 Å². The van der Waals surface area contributed by atoms with Gasteiger partial charge in [-0.3, -0.25) is 4.79 Å². The number of rotatable bonds is 8. The maximum absolute atomic E-state index is 14.0. The molecule has 0 radical (unpaired) electrons. The highest BCUT2D eigenvalue weighted by Crippen LogP contribution is 2.26. The van der Waals surface area contributed by atoms with Crippen molar-refractivity contribution >= 4 is 34.0 Å². The van der Waals surface area contributed by atoms with Crippen molar-refractivity contribution in [2.24, 2.45) is 0 Å². The lowest BCUT2D eigenvalue weighted by molar-refractivity contribution is -0.00177. The van der Waals surface area contributed by atoms with Crippen LogP contribution in [0.25, 0.3) is 10.9 Å². The van der Waals surface area contributed by atoms with Gasteiger partial charge >= 0.3 is 0 Å². The van der Waals surface area contributed by atoms with Gasteiger partial charge in [0.1, 0.15) is 23.3 Å². The number of nitrogens with zero attached hydrogens (tertiary/aromatic N) is 2. The van der Waals surface area contributed by atoms with Crippen molar-refractivity contribution in [3.05, 3.63) is 41.8 Å². The number of benzene rings is 1. The van der Waals surface area contributed by atoms with E-state index in [4.69, 9.17) is 4.52 Å². The fourth-order valence-corrected chi connectivity index (χ4v) is 2.95. The average molecular weight is 429 g/mol. The van der Waals surface area contributed by atoms with Crippen LogP contribution in [0, 0.1) is 6.92 Å². The van der Waals surface area contributed by atoms with Crippen molar-refractivity contribution in [2.45, 2.75) is 52.4 Å². The normalized spacial score (nSPS) is 12.8. The van der Waals surface area contributed by atoms with Gasteiger partial charge in [-0.1, -0.05) is 5.16 Å². The molecule has 0 saturated carbocycles. The smallest absolute Gasteiger partial charge is 0.255 e. The van der Waals surface area contributed by atoms with E-state index < -0.39 is 17.7 Å². The van der Waals surface area contributed by atoms with Gasteiger partial charge in [-0.05, 0) is 52.8 Å². The minimum absolute atomic E-state index is 0.0584. The fourth-order valence-electron chi connectivity index (χ4n) is 2.95. The molecule has 0 spiro atoms. The molecule has 1 aromatic carbocycles. The zero-order valence-electron chi connectivity index (χ0n) is 18.3. The number of aromatic nitrogens is 2. The van der Waals surface area contributed by atoms with Crippen LogP contribution in [0.5, 0.6) is 0 Å². The molecule has 166 valence electrons. The van der Waals surface area contributed by atoms with Crippen LogP contribution in [-0.2, 0) is 0 Å². The molecule has 0 fully saturated rings. The first-order valence-corrected chi connectivity index (χ1v) is 10.1. The molecule has 31 heavy (non-hydrogen) atoms. The monoisotopic (exact) mass is 429 g/mol. The fraction of sp³-hybridized carbons (Fsp3) is 0.409. The van der Waals surface area contributed by atoms with E-state index in [0.717, 1.165) is 22.4 Å². The number of alkyl halides is 1. The number of fused-ring (bicyclic) bond motifs is 1. The summed E-state index contributed by atoms with van der Waals surface area (Å²) in [6.45, 7) is 8.15. The van der Waals surface area contributed by atoms with E-state index in [9.17, 15) is 14.3 Å². The lowest BCUT2D eigenvalue weighted by Gasteiger charge is -2.23. The van der Waals surface area contributed by atoms with E-state index in [0.29, 0.717) is 11.5 Å². The lowest BCUT2D eigenvalue weighted by Crippen LogP contribution is -2.42. The molecule has 0 aliphatic heterocycles. The van der Waals surface area contributed by atoms with Gasteiger partial charge in [0, 0.05) is 29.4 Å². The molecule has 3 rings (SSSR count). The van der Waals surface area contributed by atoms with E-state index in [2.05, 4.69) is 26.1 Å². The Bertz CT molecular complexity index is 1070. The van der Waals surface area contributed by atoms with Crippen LogP contribution in [0.2, 0.25) is 0 Å². The highest BCUT2D eigenvalue weighted by atomic mass is 19.1. The van der Waals surface area contributed by atoms with Gasteiger partial charge in [-0.25, -0.2) is 9.37 Å². The van der Waals surface area contributed by atoms with Gasteiger partial charge in [0.05, 0.1) is 23.4 Å². The van der Waals surface area contributed by atoms with Crippen LogP contribution in [0.1, 0.15) is 43.8 Å². The van der Waals surface area contributed by atoms with Gasteiger partial charge in [-0.2, -0.15) is 0 Å². The topological polar surface area (TPSA) is 112 Å². The number of hydrogen-bond donors (Lipinski definition) is 4. The third-order valence-electron chi connectivity index (χ3n) is 4.73. The zero-order chi connectivity index (χ0) is 22.8. The highest BCUT2D eigenvalue weighted by Gasteiger charge is 2.27. The van der Waals surface area contributed by atoms with E-state index in [-0.39, 0.29) is 18.2 Å². The standard InChI is InChI=1S/C22H28FN5O3/c1-12(2)26-18-9-20(27-14-6-7-17-15(8-14)13(3)31-28-17)24-10-16(18)21(29)25-11-19(23)22(4,5)30/h6-10,12,19,30H,11H2,1-5H3,(H,25,29)(H2,24,26,27)/t19-/m1/s1. The molecule has 0 aliphatic rings. The Balaban J connectivity index is 1.81. The summed E-state index contributed by atoms with van der Waals surface area (Å²) in [5.74, 6) is 0.779. The predicted octanol–water partition coefficient (Wildman–Crippen LogP) is 3.93. The molecule has 2 aromatic heterocycles. The maximum Gasteiger partial charge on any atom is 0.255 e. The Morgan fingerprint density at radius 2 is 2.03 bits per heavy atom. The van der Waals surface area contributed by atoms with Crippen molar-refractivity contribution in [1.82, 2.24) is 15.5 Å². The van der Waals surface area contributed by atoms with Crippen molar-refractivity contribution in [3.8, 4) is 0 Å². The van der Waals surface area contributed by atoms with Crippen molar-refractivity contribution in [3.63, 3.8) is 0 Å². The van der Waals surface area contributed by atoms with Crippen LogP contribution in [0.3, 0.4) is 0 Å². The Morgan fingerprint density at radius 1 is 1.29 bits per heavy atom. The number of nitrogens with one attached hydrogen (secondary N) is 3. The molecule has 1 atom stereocenters. The van der Waals surface area contributed by atoms with Gasteiger partial charge in [0.2, 0.25) is 0 Å². The van der Waals surface area contributed by atoms with Crippen LogP contribution in [0.4, 0.5) is 21.6 Å². The molecular weight excluding hydrogens is 401 g/mol. The largest absolute Gasteiger partial charge is 0.387 e. The number of pyridine rings is 1. The van der Waals surface area contributed by atoms with Crippen molar-refractivity contribution in [2.75, 3.05) is 17.2 Å². The van der Waals surface area contributed by atoms with Crippen LogP contribution < -0.4 is 16.0 Å². The van der Waals surface area contributed by atoms with E-state index in [1.54, 1.807) is 6.07 Å². The first-order chi connectivity index (χ1) is 14.5. The van der Waals surface area contributed by atoms with Gasteiger partial charge in [0.15, 0.2) is 0 Å². The number of carbonyl (C=O) groups is 1. The van der Waals surface area contributed by atoms with E-state index in [1.807, 2.05) is 39.0 Å². The second-order valence-electron chi connectivity index (χ2n) is 8.34. The highest BCUT2D eigenvalue weighted by molar-refractivity contribution is 6.00. The summed E-state index contributed by atoms with van der Waals surface area (Å²) in [5.41, 5.74) is 0.868. The molecule has 2 heterocycles. The van der Waals surface area contributed by atoms with E-state index >= 15 is 0 Å². The van der Waals surface area contributed by atoms with Gasteiger partial charge < -0.3 is 25.6 Å². The summed E-state index contributed by atoms with van der Waals surface area (Å²) < 4.78 is 19.2. The van der Waals surface area contributed by atoms with E-state index in [1.165, 1.54) is 20.0 Å². The molecule has 4 N–H and O–H groups in total. The number of hydrogen-bond acceptors (Lipinski definition) is 7. The first kappa shape index (κ1) is 22.5. The summed E-state index contributed by atoms with van der Waals surface area (Å²) in [4.78, 5) is 17.0. The number of anilines is 3. The molecule has 0 aliphatic carbocycles. The summed E-state index contributed by atoms with van der Waals surface area (Å²) in [7, 11) is 0. The Hall–Kier alpha value is -3.20. The number of amides is 1. The third kappa shape index (κ3) is 5.49. The minimum Gasteiger partial charge on any atom is -0.387 e. The maximum atomic E-state index is 14.0. The Morgan fingerprint density at radius 3 is 2.71 bits per heavy atom. The minimum atomic E-state index is -1.59. The number of aryl methyl sites for hydroxylation is 1. The molecular formula is C22H28FN5O3. The Labute approximate surface area is 180 Å². The number of halogens is 1. The molecule has 8 nitrogen and oxygen atoms in total. The van der Waals surface area contributed by atoms with Gasteiger partial charge in [-0.15, -0.1) is 0 Å². The SMILES string of the molecule is Cc1onc2ccc(Nc3cc(NC(C)C)c(C(=O)NC[C@@H](F)C(C)(C)O)cn3)cc12. The van der Waals surface area contributed by atoms with Gasteiger partial charge in [0.25, 0.3) is 5.91 Å². The molecule has 1 amide bonds. The van der Waals surface area contributed by atoms with Crippen LogP contribution >= 0.6 is 0 Å². The Kier molecular flexibility index (Phi) is 6.45. The van der Waals surface area contributed by atoms with Crippen molar-refractivity contribution < 1.29 is 18.8 Å². The average Bonchev–Trinajstić information content (AvgIpc) is 3.05. The second kappa shape index (κ2) is 8.89. The molecule has 0 unspecified atom stereocenters. The molecule has 0 bridgehead atoms. The first-order valence-electron chi connectivity index (χ1n) is 10.1. The van der Waals surface area contributed by atoms with Crippen LogP contribution in [0.15, 0.2) is 35.0 Å².